The minimum atomic E-state index is -3.83. The summed E-state index contributed by atoms with van der Waals surface area (Å²) in [5, 5.41) is 12.0. The van der Waals surface area contributed by atoms with Crippen molar-refractivity contribution in [2.24, 2.45) is 5.92 Å². The van der Waals surface area contributed by atoms with Crippen molar-refractivity contribution in [3.05, 3.63) is 117 Å². The lowest BCUT2D eigenvalue weighted by molar-refractivity contribution is -0.223. The molecule has 0 saturated carbocycles. The molecule has 5 aromatic rings. The van der Waals surface area contributed by atoms with Crippen molar-refractivity contribution in [2.75, 3.05) is 31.9 Å². The van der Waals surface area contributed by atoms with Crippen LogP contribution in [0.5, 0.6) is 11.6 Å². The van der Waals surface area contributed by atoms with Gasteiger partial charge in [0.2, 0.25) is 11.8 Å². The molecule has 0 bridgehead atoms. The summed E-state index contributed by atoms with van der Waals surface area (Å²) in [6, 6.07) is 17.9. The summed E-state index contributed by atoms with van der Waals surface area (Å²) >= 11 is 1.28. The Kier molecular flexibility index (Phi) is 10.2. The van der Waals surface area contributed by atoms with Gasteiger partial charge in [-0.05, 0) is 62.2 Å². The number of thiazole rings is 1. The largest absolute Gasteiger partial charge is 0.437 e. The highest BCUT2D eigenvalue weighted by atomic mass is 32.1. The number of halogens is 3. The Hall–Kier alpha value is -5.61. The molecule has 3 N–H and O–H groups in total. The summed E-state index contributed by atoms with van der Waals surface area (Å²) in [5.74, 6) is -6.42. The highest BCUT2D eigenvalue weighted by Gasteiger charge is 2.58. The molecule has 2 fully saturated rings. The normalized spacial score (nSPS) is 21.0. The second-order valence-electron chi connectivity index (χ2n) is 14.0. The number of nitrogens with two attached hydrogens (primary N) is 1. The van der Waals surface area contributed by atoms with Crippen molar-refractivity contribution in [1.29, 1.82) is 0 Å². The molecule has 0 radical (unpaired) electrons. The molecule has 0 unspecified atom stereocenters. The lowest BCUT2D eigenvalue weighted by Crippen LogP contribution is -2.64. The molecule has 7 rings (SSSR count). The van der Waals surface area contributed by atoms with E-state index in [0.29, 0.717) is 15.6 Å². The summed E-state index contributed by atoms with van der Waals surface area (Å²) in [4.78, 5) is 57.3. The number of ether oxygens (including phenoxy) is 1. The SMILES string of the molecule is Cc1ccc(-c2nc(C)c(C(=O)N3CC[C@@H](C(=O)N4CC[C@](O)(Cn5cnc(Oc6ccc(F)cc6)c(N)c5=O)C(F)(F)C4)[C@H](c4ccccc4)C3)s2)cn1. The number of alkyl halides is 2. The summed E-state index contributed by atoms with van der Waals surface area (Å²) in [6.45, 7) is 1.94. The Morgan fingerprint density at radius 3 is 2.45 bits per heavy atom. The van der Waals surface area contributed by atoms with E-state index < -0.39 is 65.8 Å². The number of pyridine rings is 1. The van der Waals surface area contributed by atoms with Crippen LogP contribution >= 0.6 is 11.3 Å². The number of likely N-dealkylation sites (tertiary alicyclic amines) is 2. The van der Waals surface area contributed by atoms with Gasteiger partial charge in [-0.1, -0.05) is 30.3 Å². The van der Waals surface area contributed by atoms with Crippen LogP contribution in [0.25, 0.3) is 10.6 Å². The standard InChI is InChI=1S/C39H38F3N7O5S/c1-23-8-9-26(18-44-23)34-46-24(2)32(55-34)37(52)47-16-14-29(30(19-47)25-6-4-3-5-7-25)35(50)48-17-15-38(53,39(41,42)21-48)20-49-22-45-33(31(43)36(49)51)54-28-12-10-27(40)11-13-28/h3-13,18,22,29-30,53H,14-17,19-21,43H2,1-2H3/t29-,30+,38+/m1/s1. The lowest BCUT2D eigenvalue weighted by Gasteiger charge is -2.46. The predicted octanol–water partition coefficient (Wildman–Crippen LogP) is 5.44. The molecule has 2 amide bonds. The number of aromatic nitrogens is 4. The molecule has 55 heavy (non-hydrogen) atoms. The van der Waals surface area contributed by atoms with Crippen LogP contribution in [-0.2, 0) is 11.3 Å². The molecule has 5 heterocycles. The molecule has 12 nitrogen and oxygen atoms in total. The molecule has 2 aliphatic rings. The third kappa shape index (κ3) is 7.56. The van der Waals surface area contributed by atoms with Crippen LogP contribution in [0.1, 0.15) is 45.4 Å². The Morgan fingerprint density at radius 1 is 1.02 bits per heavy atom. The van der Waals surface area contributed by atoms with Gasteiger partial charge in [-0.15, -0.1) is 11.3 Å². The molecular formula is C39H38F3N7O5S. The lowest BCUT2D eigenvalue weighted by atomic mass is 9.78. The molecular weight excluding hydrogens is 736 g/mol. The predicted molar refractivity (Wildman–Crippen MR) is 198 cm³/mol. The number of carbonyl (C=O) groups excluding carboxylic acids is 2. The molecule has 0 aliphatic carbocycles. The van der Waals surface area contributed by atoms with Crippen LogP contribution in [0.2, 0.25) is 0 Å². The molecule has 3 atom stereocenters. The molecule has 2 aromatic carbocycles. The minimum Gasteiger partial charge on any atom is -0.437 e. The highest BCUT2D eigenvalue weighted by Crippen LogP contribution is 2.41. The fraction of sp³-hybridized carbons (Fsp3) is 0.333. The first-order chi connectivity index (χ1) is 26.2. The first-order valence-corrected chi connectivity index (χ1v) is 18.5. The van der Waals surface area contributed by atoms with Crippen LogP contribution in [0.15, 0.2) is 84.0 Å². The molecule has 2 saturated heterocycles. The first kappa shape index (κ1) is 37.7. The second kappa shape index (κ2) is 14.9. The number of carbonyl (C=O) groups is 2. The number of nitrogens with zero attached hydrogens (tertiary/aromatic N) is 6. The van der Waals surface area contributed by atoms with Crippen LogP contribution in [-0.4, -0.2) is 83.9 Å². The Labute approximate surface area is 318 Å². The summed E-state index contributed by atoms with van der Waals surface area (Å²) in [5.41, 5.74) is 4.85. The van der Waals surface area contributed by atoms with Crippen LogP contribution in [0, 0.1) is 25.6 Å². The van der Waals surface area contributed by atoms with E-state index in [9.17, 15) is 23.9 Å². The van der Waals surface area contributed by atoms with Gasteiger partial charge < -0.3 is 25.4 Å². The number of rotatable bonds is 8. The number of hydrogen-bond donors (Lipinski definition) is 2. The van der Waals surface area contributed by atoms with Crippen LogP contribution in [0.4, 0.5) is 18.9 Å². The van der Waals surface area contributed by atoms with E-state index in [-0.39, 0.29) is 43.6 Å². The van der Waals surface area contributed by atoms with E-state index in [4.69, 9.17) is 10.5 Å². The monoisotopic (exact) mass is 773 g/mol. The van der Waals surface area contributed by atoms with Gasteiger partial charge in [-0.25, -0.2) is 23.1 Å². The van der Waals surface area contributed by atoms with Crippen molar-refractivity contribution < 1.29 is 32.6 Å². The zero-order valence-electron chi connectivity index (χ0n) is 30.0. The number of aliphatic hydroxyl groups is 1. The Balaban J connectivity index is 1.06. The number of aryl methyl sites for hydroxylation is 2. The molecule has 0 spiro atoms. The van der Waals surface area contributed by atoms with Crippen LogP contribution in [0.3, 0.4) is 0 Å². The summed E-state index contributed by atoms with van der Waals surface area (Å²) < 4.78 is 51.5. The molecule has 3 aromatic heterocycles. The zero-order chi connectivity index (χ0) is 39.1. The number of anilines is 1. The van der Waals surface area contributed by atoms with Gasteiger partial charge in [0, 0.05) is 55.3 Å². The van der Waals surface area contributed by atoms with Gasteiger partial charge in [-0.3, -0.25) is 23.9 Å². The van der Waals surface area contributed by atoms with E-state index in [0.717, 1.165) is 44.7 Å². The molecule has 2 aliphatic heterocycles. The fourth-order valence-electron chi connectivity index (χ4n) is 7.09. The van der Waals surface area contributed by atoms with Crippen molar-refractivity contribution >= 4 is 28.8 Å². The Bertz CT molecular complexity index is 2270. The Morgan fingerprint density at radius 2 is 1.76 bits per heavy atom. The summed E-state index contributed by atoms with van der Waals surface area (Å²) in [7, 11) is 0. The van der Waals surface area contributed by atoms with Crippen LogP contribution < -0.4 is 16.0 Å². The number of piperidine rings is 2. The molecule has 286 valence electrons. The van der Waals surface area contributed by atoms with Gasteiger partial charge >= 0.3 is 0 Å². The summed E-state index contributed by atoms with van der Waals surface area (Å²) in [6.07, 6.45) is 2.35. The average molecular weight is 774 g/mol. The maximum Gasteiger partial charge on any atom is 0.295 e. The third-order valence-electron chi connectivity index (χ3n) is 10.3. The number of nitrogen functional groups attached to an aromatic ring is 1. The van der Waals surface area contributed by atoms with Crippen molar-refractivity contribution in [3.63, 3.8) is 0 Å². The number of amides is 2. The number of benzene rings is 2. The van der Waals surface area contributed by atoms with E-state index >= 15 is 8.78 Å². The van der Waals surface area contributed by atoms with E-state index in [1.165, 1.54) is 23.5 Å². The van der Waals surface area contributed by atoms with Gasteiger partial charge in [-0.2, -0.15) is 0 Å². The van der Waals surface area contributed by atoms with Gasteiger partial charge in [0.05, 0.1) is 18.8 Å². The van der Waals surface area contributed by atoms with E-state index in [1.807, 2.05) is 49.4 Å². The quantitative estimate of drug-likeness (QED) is 0.210. The highest BCUT2D eigenvalue weighted by molar-refractivity contribution is 7.17. The molecule has 16 heteroatoms. The second-order valence-corrected chi connectivity index (χ2v) is 15.0. The van der Waals surface area contributed by atoms with E-state index in [2.05, 4.69) is 15.0 Å². The smallest absolute Gasteiger partial charge is 0.295 e. The topological polar surface area (TPSA) is 157 Å². The fourth-order valence-corrected chi connectivity index (χ4v) is 8.12. The van der Waals surface area contributed by atoms with Gasteiger partial charge in [0.1, 0.15) is 33.4 Å². The third-order valence-corrected chi connectivity index (χ3v) is 11.5. The van der Waals surface area contributed by atoms with Gasteiger partial charge in [0.15, 0.2) is 5.69 Å². The maximum atomic E-state index is 16.0. The zero-order valence-corrected chi connectivity index (χ0v) is 30.8. The first-order valence-electron chi connectivity index (χ1n) is 17.6. The van der Waals surface area contributed by atoms with Crippen molar-refractivity contribution in [3.8, 4) is 22.2 Å². The number of hydrogen-bond acceptors (Lipinski definition) is 10. The van der Waals surface area contributed by atoms with Gasteiger partial charge in [0.25, 0.3) is 17.4 Å². The maximum absolute atomic E-state index is 16.0. The van der Waals surface area contributed by atoms with Crippen molar-refractivity contribution in [2.45, 2.75) is 50.7 Å². The minimum absolute atomic E-state index is 0.145. The van der Waals surface area contributed by atoms with E-state index in [1.54, 1.807) is 18.0 Å². The average Bonchev–Trinajstić information content (AvgIpc) is 3.57. The van der Waals surface area contributed by atoms with Crippen molar-refractivity contribution in [1.82, 2.24) is 29.3 Å².